The van der Waals surface area contributed by atoms with Gasteiger partial charge in [-0.25, -0.2) is 0 Å². The van der Waals surface area contributed by atoms with Crippen molar-refractivity contribution in [3.63, 3.8) is 0 Å². The van der Waals surface area contributed by atoms with E-state index >= 15 is 0 Å². The third-order valence-corrected chi connectivity index (χ3v) is 3.90. The highest BCUT2D eigenvalue weighted by molar-refractivity contribution is 7.80. The van der Waals surface area contributed by atoms with Gasteiger partial charge in [-0.3, -0.25) is 4.79 Å². The minimum atomic E-state index is 0.348. The minimum Gasteiger partial charge on any atom is -0.342 e. The van der Waals surface area contributed by atoms with E-state index in [0.29, 0.717) is 17.2 Å². The van der Waals surface area contributed by atoms with Gasteiger partial charge in [0.2, 0.25) is 5.91 Å². The summed E-state index contributed by atoms with van der Waals surface area (Å²) in [6.07, 6.45) is 3.27. The average molecular weight is 199 g/mol. The van der Waals surface area contributed by atoms with E-state index < -0.39 is 0 Å². The van der Waals surface area contributed by atoms with Crippen LogP contribution in [0.4, 0.5) is 0 Å². The molecule has 1 heterocycles. The van der Waals surface area contributed by atoms with E-state index in [9.17, 15) is 4.79 Å². The highest BCUT2D eigenvalue weighted by atomic mass is 32.1. The van der Waals surface area contributed by atoms with Crippen molar-refractivity contribution < 1.29 is 4.79 Å². The van der Waals surface area contributed by atoms with Gasteiger partial charge in [0.15, 0.2) is 0 Å². The molecule has 1 saturated carbocycles. The summed E-state index contributed by atoms with van der Waals surface area (Å²) < 4.78 is 0. The van der Waals surface area contributed by atoms with Crippen LogP contribution in [0, 0.1) is 11.3 Å². The molecule has 2 nitrogen and oxygen atoms in total. The number of thiol groups is 1. The second-order valence-corrected chi connectivity index (χ2v) is 5.06. The molecule has 0 spiro atoms. The zero-order valence-corrected chi connectivity index (χ0v) is 9.02. The summed E-state index contributed by atoms with van der Waals surface area (Å²) in [7, 11) is 0. The van der Waals surface area contributed by atoms with Crippen molar-refractivity contribution in [3.05, 3.63) is 0 Å². The molecule has 0 N–H and O–H groups in total. The Morgan fingerprint density at radius 2 is 2.31 bits per heavy atom. The molecule has 2 rings (SSSR count). The maximum absolute atomic E-state index is 11.5. The van der Waals surface area contributed by atoms with Gasteiger partial charge in [0, 0.05) is 19.5 Å². The predicted octanol–water partition coefficient (Wildman–Crippen LogP) is 1.56. The maximum atomic E-state index is 11.5. The maximum Gasteiger partial charge on any atom is 0.222 e. The number of hydrogen-bond donors (Lipinski definition) is 1. The molecule has 0 bridgehead atoms. The zero-order valence-electron chi connectivity index (χ0n) is 8.12. The first kappa shape index (κ1) is 9.38. The number of carbonyl (C=O) groups excluding carboxylic acids is 1. The van der Waals surface area contributed by atoms with Crippen molar-refractivity contribution in [1.82, 2.24) is 4.90 Å². The van der Waals surface area contributed by atoms with Crippen LogP contribution < -0.4 is 0 Å². The molecule has 1 amide bonds. The Hall–Kier alpha value is -0.180. The molecule has 1 atom stereocenters. The van der Waals surface area contributed by atoms with Crippen LogP contribution in [-0.2, 0) is 4.79 Å². The highest BCUT2D eigenvalue weighted by Crippen LogP contribution is 2.47. The predicted molar refractivity (Wildman–Crippen MR) is 55.9 cm³/mol. The minimum absolute atomic E-state index is 0.348. The Morgan fingerprint density at radius 3 is 2.69 bits per heavy atom. The fourth-order valence-corrected chi connectivity index (χ4v) is 2.49. The smallest absolute Gasteiger partial charge is 0.222 e. The van der Waals surface area contributed by atoms with Gasteiger partial charge in [0.1, 0.15) is 0 Å². The van der Waals surface area contributed by atoms with Crippen LogP contribution in [-0.4, -0.2) is 29.6 Å². The second-order valence-electron chi connectivity index (χ2n) is 4.74. The Balaban J connectivity index is 1.91. The summed E-state index contributed by atoms with van der Waals surface area (Å²) >= 11 is 4.35. The molecule has 3 heteroatoms. The lowest BCUT2D eigenvalue weighted by atomic mass is 10.1. The second kappa shape index (κ2) is 3.19. The van der Waals surface area contributed by atoms with Crippen LogP contribution >= 0.6 is 12.6 Å². The van der Waals surface area contributed by atoms with Gasteiger partial charge in [-0.2, -0.15) is 12.6 Å². The normalized spacial score (nSPS) is 31.1. The SMILES string of the molecule is CC1CC(=O)N(CC2(CS)CC2)C1. The molecule has 1 saturated heterocycles. The number of carbonyl (C=O) groups is 1. The summed E-state index contributed by atoms with van der Waals surface area (Å²) in [5, 5.41) is 0. The monoisotopic (exact) mass is 199 g/mol. The topological polar surface area (TPSA) is 20.3 Å². The molecule has 1 unspecified atom stereocenters. The quantitative estimate of drug-likeness (QED) is 0.684. The molecular formula is C10H17NOS. The molecule has 2 aliphatic rings. The Bertz CT molecular complexity index is 225. The standard InChI is InChI=1S/C10H17NOS/c1-8-4-9(12)11(5-8)6-10(7-13)2-3-10/h8,13H,2-7H2,1H3. The Kier molecular flexibility index (Phi) is 2.30. The Labute approximate surface area is 85.1 Å². The molecule has 0 aromatic carbocycles. The molecule has 2 fully saturated rings. The lowest BCUT2D eigenvalue weighted by Crippen LogP contribution is -2.32. The first-order chi connectivity index (χ1) is 6.15. The molecule has 1 aliphatic heterocycles. The number of nitrogens with zero attached hydrogens (tertiary/aromatic N) is 1. The number of hydrogen-bond acceptors (Lipinski definition) is 2. The van der Waals surface area contributed by atoms with Crippen LogP contribution in [0.25, 0.3) is 0 Å². The molecule has 0 radical (unpaired) electrons. The van der Waals surface area contributed by atoms with E-state index in [1.54, 1.807) is 0 Å². The van der Waals surface area contributed by atoms with Crippen molar-refractivity contribution in [2.75, 3.05) is 18.8 Å². The van der Waals surface area contributed by atoms with Crippen molar-refractivity contribution >= 4 is 18.5 Å². The molecule has 1 aliphatic carbocycles. The van der Waals surface area contributed by atoms with Gasteiger partial charge < -0.3 is 4.90 Å². The number of rotatable bonds is 3. The van der Waals surface area contributed by atoms with E-state index in [0.717, 1.165) is 25.3 Å². The van der Waals surface area contributed by atoms with E-state index in [1.807, 2.05) is 4.90 Å². The van der Waals surface area contributed by atoms with Crippen molar-refractivity contribution in [1.29, 1.82) is 0 Å². The highest BCUT2D eigenvalue weighted by Gasteiger charge is 2.44. The van der Waals surface area contributed by atoms with Crippen molar-refractivity contribution in [2.24, 2.45) is 11.3 Å². The largest absolute Gasteiger partial charge is 0.342 e. The lowest BCUT2D eigenvalue weighted by molar-refractivity contribution is -0.128. The summed E-state index contributed by atoms with van der Waals surface area (Å²) in [5.74, 6) is 1.84. The van der Waals surface area contributed by atoms with Gasteiger partial charge in [-0.05, 0) is 29.9 Å². The summed E-state index contributed by atoms with van der Waals surface area (Å²) in [6.45, 7) is 4.08. The molecule has 0 aromatic heterocycles. The van der Waals surface area contributed by atoms with E-state index in [-0.39, 0.29) is 0 Å². The van der Waals surface area contributed by atoms with Crippen LogP contribution in [0.15, 0.2) is 0 Å². The van der Waals surface area contributed by atoms with Crippen LogP contribution in [0.5, 0.6) is 0 Å². The first-order valence-corrected chi connectivity index (χ1v) is 5.67. The van der Waals surface area contributed by atoms with Crippen LogP contribution in [0.2, 0.25) is 0 Å². The van der Waals surface area contributed by atoms with Crippen LogP contribution in [0.1, 0.15) is 26.2 Å². The fourth-order valence-electron chi connectivity index (χ4n) is 2.07. The fraction of sp³-hybridized carbons (Fsp3) is 0.900. The van der Waals surface area contributed by atoms with E-state index in [1.165, 1.54) is 12.8 Å². The molecule has 13 heavy (non-hydrogen) atoms. The molecular weight excluding hydrogens is 182 g/mol. The number of amides is 1. The third-order valence-electron chi connectivity index (χ3n) is 3.23. The van der Waals surface area contributed by atoms with E-state index in [4.69, 9.17) is 0 Å². The summed E-state index contributed by atoms with van der Waals surface area (Å²) in [6, 6.07) is 0. The molecule has 0 aromatic rings. The number of likely N-dealkylation sites (tertiary alicyclic amines) is 1. The average Bonchev–Trinajstić information content (AvgIpc) is 2.77. The Morgan fingerprint density at radius 1 is 1.62 bits per heavy atom. The van der Waals surface area contributed by atoms with E-state index in [2.05, 4.69) is 19.6 Å². The van der Waals surface area contributed by atoms with Gasteiger partial charge >= 0.3 is 0 Å². The van der Waals surface area contributed by atoms with Gasteiger partial charge in [0.25, 0.3) is 0 Å². The van der Waals surface area contributed by atoms with Gasteiger partial charge in [-0.15, -0.1) is 0 Å². The first-order valence-electron chi connectivity index (χ1n) is 5.04. The van der Waals surface area contributed by atoms with Crippen LogP contribution in [0.3, 0.4) is 0 Å². The van der Waals surface area contributed by atoms with Crippen molar-refractivity contribution in [3.8, 4) is 0 Å². The zero-order chi connectivity index (χ0) is 9.47. The summed E-state index contributed by atoms with van der Waals surface area (Å²) in [4.78, 5) is 13.5. The lowest BCUT2D eigenvalue weighted by Gasteiger charge is -2.22. The molecule has 74 valence electrons. The van der Waals surface area contributed by atoms with Gasteiger partial charge in [0.05, 0.1) is 0 Å². The van der Waals surface area contributed by atoms with Crippen molar-refractivity contribution in [2.45, 2.75) is 26.2 Å². The third kappa shape index (κ3) is 1.85. The van der Waals surface area contributed by atoms with Gasteiger partial charge in [-0.1, -0.05) is 6.92 Å². The summed E-state index contributed by atoms with van der Waals surface area (Å²) in [5.41, 5.74) is 0.392.